The van der Waals surface area contributed by atoms with Crippen molar-refractivity contribution in [3.05, 3.63) is 109 Å². The molecule has 3 saturated heterocycles. The van der Waals surface area contributed by atoms with E-state index >= 15 is 0 Å². The first kappa shape index (κ1) is 86.7. The first-order valence-corrected chi connectivity index (χ1v) is 37.1. The number of carbonyl (C=O) groups is 1. The Morgan fingerprint density at radius 2 is 0.729 bits per heavy atom. The molecule has 3 rings (SSSR count). The van der Waals surface area contributed by atoms with Gasteiger partial charge in [0.15, 0.2) is 18.9 Å². The third kappa shape index (κ3) is 37.8. The van der Waals surface area contributed by atoms with Crippen molar-refractivity contribution in [1.82, 2.24) is 5.32 Å². The molecule has 3 aliphatic heterocycles. The number of ether oxygens (including phenoxy) is 6. The van der Waals surface area contributed by atoms with Crippen molar-refractivity contribution in [2.45, 2.75) is 343 Å². The number of aliphatic hydroxyl groups is 11. The molecule has 0 aliphatic carbocycles. The zero-order valence-corrected chi connectivity index (χ0v) is 58.6. The van der Waals surface area contributed by atoms with Gasteiger partial charge in [-0.25, -0.2) is 0 Å². The van der Waals surface area contributed by atoms with E-state index in [1.54, 1.807) is 6.08 Å². The summed E-state index contributed by atoms with van der Waals surface area (Å²) in [4.78, 5) is 13.4. The number of hydrogen-bond donors (Lipinski definition) is 12. The molecule has 0 aromatic carbocycles. The Bertz CT molecular complexity index is 2160. The van der Waals surface area contributed by atoms with Crippen molar-refractivity contribution in [1.29, 1.82) is 0 Å². The van der Waals surface area contributed by atoms with Gasteiger partial charge in [0, 0.05) is 6.42 Å². The summed E-state index contributed by atoms with van der Waals surface area (Å²) in [6, 6.07) is -1.00. The minimum Gasteiger partial charge on any atom is -0.394 e. The highest BCUT2D eigenvalue weighted by atomic mass is 16.8. The molecule has 0 spiro atoms. The molecule has 17 atom stereocenters. The third-order valence-corrected chi connectivity index (χ3v) is 17.8. The monoisotopic (exact) mass is 1360 g/mol. The molecule has 3 heterocycles. The average Bonchev–Trinajstić information content (AvgIpc) is 0.786. The summed E-state index contributed by atoms with van der Waals surface area (Å²) < 4.78 is 34.4. The van der Waals surface area contributed by atoms with Crippen LogP contribution in [-0.4, -0.2) is 193 Å². The van der Waals surface area contributed by atoms with Crippen molar-refractivity contribution in [3.8, 4) is 0 Å². The van der Waals surface area contributed by atoms with Gasteiger partial charge in [-0.2, -0.15) is 0 Å². The van der Waals surface area contributed by atoms with Crippen LogP contribution in [0.4, 0.5) is 0 Å². The van der Waals surface area contributed by atoms with Gasteiger partial charge < -0.3 is 89.9 Å². The molecule has 12 N–H and O–H groups in total. The minimum absolute atomic E-state index is 0.221. The second-order valence-electron chi connectivity index (χ2n) is 26.0. The number of carbonyl (C=O) groups excluding carboxylic acids is 1. The van der Waals surface area contributed by atoms with Crippen molar-refractivity contribution in [2.75, 3.05) is 26.4 Å². The van der Waals surface area contributed by atoms with Gasteiger partial charge in [-0.05, 0) is 89.9 Å². The van der Waals surface area contributed by atoms with Gasteiger partial charge in [0.2, 0.25) is 5.91 Å². The molecule has 0 radical (unpaired) electrons. The van der Waals surface area contributed by atoms with E-state index in [-0.39, 0.29) is 18.9 Å². The van der Waals surface area contributed by atoms with Crippen LogP contribution in [0.1, 0.15) is 239 Å². The van der Waals surface area contributed by atoms with Crippen LogP contribution < -0.4 is 5.32 Å². The second kappa shape index (κ2) is 57.1. The fraction of sp³-hybridized carbons (Fsp3) is 0.753. The Balaban J connectivity index is 1.42. The molecule has 1 amide bonds. The zero-order valence-electron chi connectivity index (χ0n) is 58.6. The van der Waals surface area contributed by atoms with E-state index in [1.165, 1.54) is 109 Å². The van der Waals surface area contributed by atoms with Crippen molar-refractivity contribution in [2.24, 2.45) is 0 Å². The number of allylic oxidation sites excluding steroid dienone is 17. The summed E-state index contributed by atoms with van der Waals surface area (Å²) in [5, 5.41) is 121. The summed E-state index contributed by atoms with van der Waals surface area (Å²) in [6.07, 6.45) is 50.6. The Kier molecular flexibility index (Phi) is 51.6. The molecule has 3 fully saturated rings. The van der Waals surface area contributed by atoms with Crippen molar-refractivity contribution in [3.63, 3.8) is 0 Å². The smallest absolute Gasteiger partial charge is 0.220 e. The molecule has 0 aromatic rings. The van der Waals surface area contributed by atoms with Gasteiger partial charge in [-0.3, -0.25) is 4.79 Å². The van der Waals surface area contributed by atoms with Crippen LogP contribution in [0.3, 0.4) is 0 Å². The lowest BCUT2D eigenvalue weighted by molar-refractivity contribution is -0.379. The first-order valence-electron chi connectivity index (χ1n) is 37.1. The molecule has 19 nitrogen and oxygen atoms in total. The standard InChI is InChI=1S/C77H131NO18/c1-3-5-7-9-11-13-15-17-19-21-23-25-26-27-28-29-30-31-32-33-34-35-37-39-41-43-45-47-49-51-53-55-65(83)78-60(61(82)54-52-50-48-46-44-42-40-38-36-24-22-20-18-16-14-12-10-8-6-4-2)59-91-75-71(89)68(86)73(63(57-80)93-75)96-77-72(90)69(87)74(64(58-81)94-77)95-76-70(88)67(85)66(84)62(56-79)92-76/h5,7,11,13,17,19,23,25,27-28,30-31,33-34,44,46,52,54,60-64,66-77,79-82,84-90H,3-4,6,8-10,12,14-16,18,20-22,24,26,29,32,35-43,45,47-51,53,55-59H2,1-2H3,(H,78,83)/b7-5-,13-11-,19-17-,25-23-,28-27-,31-30-,34-33-,46-44+,54-52+. The molecule has 0 aromatic heterocycles. The number of unbranched alkanes of at least 4 members (excludes halogenated alkanes) is 24. The van der Waals surface area contributed by atoms with Crippen LogP contribution in [0.25, 0.3) is 0 Å². The lowest BCUT2D eigenvalue weighted by Gasteiger charge is -2.48. The number of amides is 1. The predicted octanol–water partition coefficient (Wildman–Crippen LogP) is 11.0. The highest BCUT2D eigenvalue weighted by Crippen LogP contribution is 2.33. The van der Waals surface area contributed by atoms with Crippen LogP contribution in [0.5, 0.6) is 0 Å². The lowest BCUT2D eigenvalue weighted by Crippen LogP contribution is -2.66. The van der Waals surface area contributed by atoms with E-state index in [4.69, 9.17) is 28.4 Å². The van der Waals surface area contributed by atoms with Gasteiger partial charge >= 0.3 is 0 Å². The highest BCUT2D eigenvalue weighted by Gasteiger charge is 2.53. The first-order chi connectivity index (χ1) is 46.8. The normalized spacial score (nSPS) is 27.7. The Labute approximate surface area is 576 Å². The SMILES string of the molecule is CC/C=C\C/C=C\C/C=C\C/C=C\C/C=C\C/C=C\C/C=C\CCCCCCCCCCCC(=O)NC(COC1OC(CO)C(OC2OC(CO)C(OC3OC(CO)C(O)C(O)C3O)C(O)C2O)C(O)C1O)C(O)/C=C/CC/C=C/CCCCCCCCCCCCCCCC. The van der Waals surface area contributed by atoms with E-state index < -0.39 is 124 Å². The Morgan fingerprint density at radius 3 is 1.17 bits per heavy atom. The fourth-order valence-corrected chi connectivity index (χ4v) is 11.8. The molecule has 3 aliphatic rings. The summed E-state index contributed by atoms with van der Waals surface area (Å²) in [5.74, 6) is -0.295. The maximum Gasteiger partial charge on any atom is 0.220 e. The molecule has 96 heavy (non-hydrogen) atoms. The molecule has 552 valence electrons. The van der Waals surface area contributed by atoms with E-state index in [1.807, 2.05) is 6.08 Å². The number of hydrogen-bond acceptors (Lipinski definition) is 18. The van der Waals surface area contributed by atoms with Crippen molar-refractivity contribution < 1.29 is 89.4 Å². The number of rotatable bonds is 56. The fourth-order valence-electron chi connectivity index (χ4n) is 11.8. The van der Waals surface area contributed by atoms with E-state index in [0.717, 1.165) is 96.3 Å². The van der Waals surface area contributed by atoms with Gasteiger partial charge in [0.1, 0.15) is 73.2 Å². The van der Waals surface area contributed by atoms with Crippen LogP contribution in [0, 0.1) is 0 Å². The van der Waals surface area contributed by atoms with Gasteiger partial charge in [0.05, 0.1) is 38.6 Å². The van der Waals surface area contributed by atoms with Gasteiger partial charge in [0.25, 0.3) is 0 Å². The zero-order chi connectivity index (χ0) is 69.6. The molecular formula is C77H131NO18. The highest BCUT2D eigenvalue weighted by molar-refractivity contribution is 5.76. The summed E-state index contributed by atoms with van der Waals surface area (Å²) in [7, 11) is 0. The largest absolute Gasteiger partial charge is 0.394 e. The topological polar surface area (TPSA) is 307 Å². The van der Waals surface area contributed by atoms with Gasteiger partial charge in [-0.1, -0.05) is 252 Å². The third-order valence-electron chi connectivity index (χ3n) is 17.8. The maximum atomic E-state index is 13.4. The Morgan fingerprint density at radius 1 is 0.385 bits per heavy atom. The molecular weight excluding hydrogens is 1230 g/mol. The number of nitrogens with one attached hydrogen (secondary N) is 1. The molecule has 0 bridgehead atoms. The van der Waals surface area contributed by atoms with E-state index in [0.29, 0.717) is 12.8 Å². The van der Waals surface area contributed by atoms with Crippen LogP contribution >= 0.6 is 0 Å². The van der Waals surface area contributed by atoms with E-state index in [2.05, 4.69) is 116 Å². The van der Waals surface area contributed by atoms with Gasteiger partial charge in [-0.15, -0.1) is 0 Å². The van der Waals surface area contributed by atoms with E-state index in [9.17, 15) is 61.0 Å². The molecule has 19 heteroatoms. The maximum absolute atomic E-state index is 13.4. The average molecular weight is 1360 g/mol. The molecule has 0 saturated carbocycles. The summed E-state index contributed by atoms with van der Waals surface area (Å²) in [6.45, 7) is 1.60. The minimum atomic E-state index is -1.99. The Hall–Kier alpha value is -3.55. The second-order valence-corrected chi connectivity index (χ2v) is 26.0. The quantitative estimate of drug-likeness (QED) is 0.0199. The summed E-state index contributed by atoms with van der Waals surface area (Å²) in [5.41, 5.74) is 0. The summed E-state index contributed by atoms with van der Waals surface area (Å²) >= 11 is 0. The van der Waals surface area contributed by atoms with Crippen LogP contribution in [-0.2, 0) is 33.2 Å². The predicted molar refractivity (Wildman–Crippen MR) is 378 cm³/mol. The number of aliphatic hydroxyl groups excluding tert-OH is 11. The molecule has 17 unspecified atom stereocenters. The van der Waals surface area contributed by atoms with Crippen LogP contribution in [0.15, 0.2) is 109 Å². The van der Waals surface area contributed by atoms with Crippen molar-refractivity contribution >= 4 is 5.91 Å². The van der Waals surface area contributed by atoms with Crippen LogP contribution in [0.2, 0.25) is 0 Å². The lowest BCUT2D eigenvalue weighted by atomic mass is 9.96.